The van der Waals surface area contributed by atoms with Gasteiger partial charge >= 0.3 is 0 Å². The summed E-state index contributed by atoms with van der Waals surface area (Å²) >= 11 is 6.00. The Morgan fingerprint density at radius 2 is 2.00 bits per heavy atom. The molecule has 0 radical (unpaired) electrons. The van der Waals surface area contributed by atoms with Crippen molar-refractivity contribution in [2.24, 2.45) is 0 Å². The Kier molecular flexibility index (Phi) is 5.34. The molecule has 2 N–H and O–H groups in total. The van der Waals surface area contributed by atoms with Gasteiger partial charge < -0.3 is 15.4 Å². The van der Waals surface area contributed by atoms with Crippen LogP contribution in [0.4, 0.5) is 21.6 Å². The first kappa shape index (κ1) is 17.7. The van der Waals surface area contributed by atoms with Crippen molar-refractivity contribution in [1.29, 1.82) is 0 Å². The highest BCUT2D eigenvalue weighted by Crippen LogP contribution is 2.30. The van der Waals surface area contributed by atoms with Crippen LogP contribution in [0.25, 0.3) is 0 Å². The lowest BCUT2D eigenvalue weighted by Crippen LogP contribution is -2.12. The van der Waals surface area contributed by atoms with Gasteiger partial charge in [-0.25, -0.2) is 9.37 Å². The Morgan fingerprint density at radius 3 is 2.69 bits per heavy atom. The number of aromatic nitrogens is 1. The molecule has 0 saturated carbocycles. The van der Waals surface area contributed by atoms with Crippen molar-refractivity contribution in [3.05, 3.63) is 77.2 Å². The lowest BCUT2D eigenvalue weighted by atomic mass is 10.2. The molecule has 7 heteroatoms. The van der Waals surface area contributed by atoms with Gasteiger partial charge in [0.05, 0.1) is 24.7 Å². The van der Waals surface area contributed by atoms with Gasteiger partial charge in [0.1, 0.15) is 17.4 Å². The molecule has 3 aromatic rings. The van der Waals surface area contributed by atoms with Crippen molar-refractivity contribution in [2.45, 2.75) is 0 Å². The second kappa shape index (κ2) is 7.84. The highest BCUT2D eigenvalue weighted by atomic mass is 35.5. The topological polar surface area (TPSA) is 63.2 Å². The summed E-state index contributed by atoms with van der Waals surface area (Å²) in [5.41, 5.74) is 1.39. The van der Waals surface area contributed by atoms with Crippen molar-refractivity contribution >= 4 is 34.7 Å². The van der Waals surface area contributed by atoms with Gasteiger partial charge in [0.15, 0.2) is 0 Å². The highest BCUT2D eigenvalue weighted by Gasteiger charge is 2.08. The molecule has 0 saturated heterocycles. The quantitative estimate of drug-likeness (QED) is 0.671. The number of hydrogen-bond acceptors (Lipinski definition) is 4. The number of carbonyl (C=O) groups is 1. The van der Waals surface area contributed by atoms with Crippen molar-refractivity contribution in [3.8, 4) is 5.75 Å². The van der Waals surface area contributed by atoms with Crippen LogP contribution in [0.5, 0.6) is 5.75 Å². The van der Waals surface area contributed by atoms with Crippen LogP contribution in [-0.4, -0.2) is 18.0 Å². The fraction of sp³-hybridized carbons (Fsp3) is 0.0526. The van der Waals surface area contributed by atoms with Gasteiger partial charge in [-0.15, -0.1) is 0 Å². The minimum Gasteiger partial charge on any atom is -0.495 e. The molecule has 3 rings (SSSR count). The van der Waals surface area contributed by atoms with E-state index in [0.717, 1.165) is 0 Å². The molecule has 0 aliphatic rings. The molecule has 26 heavy (non-hydrogen) atoms. The van der Waals surface area contributed by atoms with Crippen LogP contribution in [-0.2, 0) is 0 Å². The predicted molar refractivity (Wildman–Crippen MR) is 99.9 cm³/mol. The molecule has 0 spiro atoms. The van der Waals surface area contributed by atoms with E-state index in [4.69, 9.17) is 16.3 Å². The predicted octanol–water partition coefficient (Wildman–Crippen LogP) is 4.88. The summed E-state index contributed by atoms with van der Waals surface area (Å²) in [5, 5.41) is 6.33. The van der Waals surface area contributed by atoms with E-state index in [-0.39, 0.29) is 5.56 Å². The Hall–Kier alpha value is -3.12. The summed E-state index contributed by atoms with van der Waals surface area (Å²) in [4.78, 5) is 16.4. The standard InChI is InChI=1S/C19H15ClFN3O2/c1-26-17-7-5-13(20)10-16(17)24-18-8-6-15(11-22-18)23-19(25)12-3-2-4-14(21)9-12/h2-11H,1H3,(H,22,24)(H,23,25). The normalized spacial score (nSPS) is 10.3. The first-order chi connectivity index (χ1) is 12.5. The molecular weight excluding hydrogens is 357 g/mol. The van der Waals surface area contributed by atoms with E-state index in [9.17, 15) is 9.18 Å². The molecule has 0 atom stereocenters. The zero-order valence-electron chi connectivity index (χ0n) is 13.8. The molecule has 0 aliphatic carbocycles. The van der Waals surface area contributed by atoms with Gasteiger partial charge in [-0.1, -0.05) is 17.7 Å². The van der Waals surface area contributed by atoms with Crippen molar-refractivity contribution in [3.63, 3.8) is 0 Å². The summed E-state index contributed by atoms with van der Waals surface area (Å²) in [6, 6.07) is 14.0. The largest absolute Gasteiger partial charge is 0.495 e. The Morgan fingerprint density at radius 1 is 1.15 bits per heavy atom. The van der Waals surface area contributed by atoms with E-state index >= 15 is 0 Å². The fourth-order valence-corrected chi connectivity index (χ4v) is 2.46. The number of benzene rings is 2. The maximum absolute atomic E-state index is 13.2. The van der Waals surface area contributed by atoms with E-state index in [1.54, 1.807) is 37.4 Å². The molecule has 1 aromatic heterocycles. The van der Waals surface area contributed by atoms with Crippen LogP contribution >= 0.6 is 11.6 Å². The van der Waals surface area contributed by atoms with E-state index in [1.165, 1.54) is 30.5 Å². The Labute approximate surface area is 154 Å². The molecule has 132 valence electrons. The number of anilines is 3. The molecule has 0 fully saturated rings. The number of nitrogens with one attached hydrogen (secondary N) is 2. The number of hydrogen-bond donors (Lipinski definition) is 2. The van der Waals surface area contributed by atoms with Gasteiger partial charge in [-0.3, -0.25) is 4.79 Å². The van der Waals surface area contributed by atoms with Gasteiger partial charge in [0.25, 0.3) is 5.91 Å². The van der Waals surface area contributed by atoms with Crippen LogP contribution in [0.2, 0.25) is 5.02 Å². The van der Waals surface area contributed by atoms with Crippen LogP contribution in [0.15, 0.2) is 60.8 Å². The van der Waals surface area contributed by atoms with Gasteiger partial charge in [-0.05, 0) is 48.5 Å². The lowest BCUT2D eigenvalue weighted by Gasteiger charge is -2.11. The van der Waals surface area contributed by atoms with Crippen LogP contribution in [0.1, 0.15) is 10.4 Å². The first-order valence-corrected chi connectivity index (χ1v) is 8.06. The van der Waals surface area contributed by atoms with Crippen LogP contribution in [0.3, 0.4) is 0 Å². The fourth-order valence-electron chi connectivity index (χ4n) is 2.29. The SMILES string of the molecule is COc1ccc(Cl)cc1Nc1ccc(NC(=O)c2cccc(F)c2)cn1. The zero-order valence-corrected chi connectivity index (χ0v) is 14.5. The number of rotatable bonds is 5. The summed E-state index contributed by atoms with van der Waals surface area (Å²) in [6.07, 6.45) is 1.50. The molecule has 0 bridgehead atoms. The van der Waals surface area contributed by atoms with E-state index in [2.05, 4.69) is 15.6 Å². The number of methoxy groups -OCH3 is 1. The third kappa shape index (κ3) is 4.29. The second-order valence-corrected chi connectivity index (χ2v) is 5.80. The third-order valence-electron chi connectivity index (χ3n) is 3.53. The molecule has 2 aromatic carbocycles. The van der Waals surface area contributed by atoms with Gasteiger partial charge in [-0.2, -0.15) is 0 Å². The van der Waals surface area contributed by atoms with Crippen LogP contribution in [0, 0.1) is 5.82 Å². The molecule has 0 aliphatic heterocycles. The van der Waals surface area contributed by atoms with Gasteiger partial charge in [0, 0.05) is 10.6 Å². The third-order valence-corrected chi connectivity index (χ3v) is 3.77. The molecule has 0 unspecified atom stereocenters. The monoisotopic (exact) mass is 371 g/mol. The lowest BCUT2D eigenvalue weighted by molar-refractivity contribution is 0.102. The van der Waals surface area contributed by atoms with E-state index in [1.807, 2.05) is 0 Å². The Balaban J connectivity index is 1.71. The summed E-state index contributed by atoms with van der Waals surface area (Å²) < 4.78 is 18.5. The van der Waals surface area contributed by atoms with Crippen molar-refractivity contribution in [2.75, 3.05) is 17.7 Å². The number of amides is 1. The number of carbonyl (C=O) groups excluding carboxylic acids is 1. The van der Waals surface area contributed by atoms with E-state index in [0.29, 0.717) is 28.0 Å². The number of nitrogens with zero attached hydrogens (tertiary/aromatic N) is 1. The van der Waals surface area contributed by atoms with E-state index < -0.39 is 11.7 Å². The minimum atomic E-state index is -0.467. The smallest absolute Gasteiger partial charge is 0.255 e. The maximum Gasteiger partial charge on any atom is 0.255 e. The highest BCUT2D eigenvalue weighted by molar-refractivity contribution is 6.31. The summed E-state index contributed by atoms with van der Waals surface area (Å²) in [7, 11) is 1.56. The molecule has 1 heterocycles. The van der Waals surface area contributed by atoms with Gasteiger partial charge in [0.2, 0.25) is 0 Å². The number of ether oxygens (including phenoxy) is 1. The Bertz CT molecular complexity index is 932. The zero-order chi connectivity index (χ0) is 18.5. The summed E-state index contributed by atoms with van der Waals surface area (Å²) in [6.45, 7) is 0. The number of pyridine rings is 1. The second-order valence-electron chi connectivity index (χ2n) is 5.37. The summed E-state index contributed by atoms with van der Waals surface area (Å²) in [5.74, 6) is 0.295. The maximum atomic E-state index is 13.2. The number of halogens is 2. The average Bonchev–Trinajstić information content (AvgIpc) is 2.63. The van der Waals surface area contributed by atoms with Crippen molar-refractivity contribution in [1.82, 2.24) is 4.98 Å². The van der Waals surface area contributed by atoms with Crippen molar-refractivity contribution < 1.29 is 13.9 Å². The van der Waals surface area contributed by atoms with Crippen LogP contribution < -0.4 is 15.4 Å². The first-order valence-electron chi connectivity index (χ1n) is 7.69. The molecular formula is C19H15ClFN3O2. The minimum absolute atomic E-state index is 0.232. The molecule has 5 nitrogen and oxygen atoms in total. The average molecular weight is 372 g/mol. The molecule has 1 amide bonds.